The van der Waals surface area contributed by atoms with Crippen molar-refractivity contribution in [2.45, 2.75) is 12.8 Å². The molecule has 7 heteroatoms. The van der Waals surface area contributed by atoms with Crippen LogP contribution in [-0.4, -0.2) is 23.9 Å². The number of ether oxygens (including phenoxy) is 1. The standard InChI is InChI=1S/C13H12F3NO3/c1-2-8-5-12(19)17(7-8)10-6-9(3-4-11(10)18)20-13(14,15)16/h2-4,6,8,18H,1,5,7H2. The summed E-state index contributed by atoms with van der Waals surface area (Å²) in [6, 6.07) is 3.04. The van der Waals surface area contributed by atoms with Crippen LogP contribution in [0.3, 0.4) is 0 Å². The molecular weight excluding hydrogens is 275 g/mol. The monoisotopic (exact) mass is 287 g/mol. The molecule has 1 fully saturated rings. The first kappa shape index (κ1) is 14.2. The van der Waals surface area contributed by atoms with Crippen molar-refractivity contribution >= 4 is 11.6 Å². The van der Waals surface area contributed by atoms with E-state index in [9.17, 15) is 23.1 Å². The van der Waals surface area contributed by atoms with Gasteiger partial charge in [0.05, 0.1) is 5.69 Å². The number of phenolic OH excluding ortho intramolecular Hbond substituents is 1. The summed E-state index contributed by atoms with van der Waals surface area (Å²) in [5.74, 6) is -1.14. The van der Waals surface area contributed by atoms with Crippen LogP contribution in [0.1, 0.15) is 6.42 Å². The van der Waals surface area contributed by atoms with Crippen LogP contribution in [0.4, 0.5) is 18.9 Å². The molecule has 108 valence electrons. The van der Waals surface area contributed by atoms with Crippen LogP contribution < -0.4 is 9.64 Å². The number of hydrogen-bond donors (Lipinski definition) is 1. The maximum absolute atomic E-state index is 12.2. The van der Waals surface area contributed by atoms with E-state index in [2.05, 4.69) is 11.3 Å². The Labute approximate surface area is 113 Å². The van der Waals surface area contributed by atoms with Crippen LogP contribution >= 0.6 is 0 Å². The summed E-state index contributed by atoms with van der Waals surface area (Å²) in [7, 11) is 0. The Kier molecular flexibility index (Phi) is 3.61. The molecule has 0 radical (unpaired) electrons. The van der Waals surface area contributed by atoms with Gasteiger partial charge < -0.3 is 14.7 Å². The molecule has 1 atom stereocenters. The third kappa shape index (κ3) is 3.04. The Morgan fingerprint density at radius 3 is 2.70 bits per heavy atom. The number of hydrogen-bond acceptors (Lipinski definition) is 3. The normalized spacial score (nSPS) is 19.2. The lowest BCUT2D eigenvalue weighted by atomic mass is 10.1. The van der Waals surface area contributed by atoms with Gasteiger partial charge in [-0.2, -0.15) is 0 Å². The number of amides is 1. The smallest absolute Gasteiger partial charge is 0.506 e. The molecule has 0 aromatic heterocycles. The third-order valence-corrected chi connectivity index (χ3v) is 2.96. The van der Waals surface area contributed by atoms with Gasteiger partial charge in [-0.15, -0.1) is 19.8 Å². The Hall–Kier alpha value is -2.18. The molecule has 0 bridgehead atoms. The Morgan fingerprint density at radius 1 is 1.45 bits per heavy atom. The lowest BCUT2D eigenvalue weighted by molar-refractivity contribution is -0.274. The maximum atomic E-state index is 12.2. The number of anilines is 1. The van der Waals surface area contributed by atoms with Crippen molar-refractivity contribution in [3.8, 4) is 11.5 Å². The number of halogens is 3. The van der Waals surface area contributed by atoms with E-state index < -0.39 is 12.1 Å². The molecule has 0 saturated carbocycles. The first-order chi connectivity index (χ1) is 9.30. The van der Waals surface area contributed by atoms with Crippen LogP contribution in [0, 0.1) is 5.92 Å². The Bertz CT molecular complexity index is 542. The fourth-order valence-corrected chi connectivity index (χ4v) is 2.04. The highest BCUT2D eigenvalue weighted by atomic mass is 19.4. The van der Waals surface area contributed by atoms with Gasteiger partial charge in [-0.1, -0.05) is 6.08 Å². The SMILES string of the molecule is C=CC1CC(=O)N(c2cc(OC(F)(F)F)ccc2O)C1. The largest absolute Gasteiger partial charge is 0.573 e. The summed E-state index contributed by atoms with van der Waals surface area (Å²) in [5.41, 5.74) is 0.00102. The molecule has 1 heterocycles. The van der Waals surface area contributed by atoms with Gasteiger partial charge in [-0.05, 0) is 12.1 Å². The molecule has 1 amide bonds. The number of phenols is 1. The summed E-state index contributed by atoms with van der Waals surface area (Å²) in [6.07, 6.45) is -3.01. The van der Waals surface area contributed by atoms with E-state index in [-0.39, 0.29) is 36.2 Å². The number of alkyl halides is 3. The molecule has 20 heavy (non-hydrogen) atoms. The number of benzene rings is 1. The van der Waals surface area contributed by atoms with Crippen molar-refractivity contribution in [3.05, 3.63) is 30.9 Å². The molecule has 1 aromatic rings. The van der Waals surface area contributed by atoms with Crippen LogP contribution in [0.5, 0.6) is 11.5 Å². The number of aromatic hydroxyl groups is 1. The molecule has 0 spiro atoms. The van der Waals surface area contributed by atoms with E-state index in [1.165, 1.54) is 4.90 Å². The molecule has 1 aliphatic heterocycles. The molecule has 1 N–H and O–H groups in total. The molecule has 2 rings (SSSR count). The van der Waals surface area contributed by atoms with Crippen LogP contribution in [0.2, 0.25) is 0 Å². The van der Waals surface area contributed by atoms with E-state index in [1.807, 2.05) is 0 Å². The summed E-state index contributed by atoms with van der Waals surface area (Å²) >= 11 is 0. The molecule has 1 unspecified atom stereocenters. The number of carbonyl (C=O) groups is 1. The van der Waals surface area contributed by atoms with Crippen molar-refractivity contribution in [2.75, 3.05) is 11.4 Å². The van der Waals surface area contributed by atoms with Crippen molar-refractivity contribution < 1.29 is 27.8 Å². The average molecular weight is 287 g/mol. The summed E-state index contributed by atoms with van der Waals surface area (Å²) in [5, 5.41) is 9.71. The van der Waals surface area contributed by atoms with Crippen molar-refractivity contribution in [3.63, 3.8) is 0 Å². The minimum absolute atomic E-state index is 0.00102. The molecule has 0 aliphatic carbocycles. The fourth-order valence-electron chi connectivity index (χ4n) is 2.04. The average Bonchev–Trinajstić information content (AvgIpc) is 2.71. The second kappa shape index (κ2) is 5.07. The van der Waals surface area contributed by atoms with Gasteiger partial charge >= 0.3 is 6.36 Å². The Morgan fingerprint density at radius 2 is 2.15 bits per heavy atom. The second-order valence-electron chi connectivity index (χ2n) is 4.40. The van der Waals surface area contributed by atoms with Gasteiger partial charge in [0.1, 0.15) is 11.5 Å². The quantitative estimate of drug-likeness (QED) is 0.870. The minimum atomic E-state index is -4.83. The molecule has 1 saturated heterocycles. The van der Waals surface area contributed by atoms with Crippen LogP contribution in [0.15, 0.2) is 30.9 Å². The van der Waals surface area contributed by atoms with E-state index in [0.717, 1.165) is 18.2 Å². The summed E-state index contributed by atoms with van der Waals surface area (Å²) in [4.78, 5) is 13.0. The molecule has 4 nitrogen and oxygen atoms in total. The first-order valence-corrected chi connectivity index (χ1v) is 5.82. The second-order valence-corrected chi connectivity index (χ2v) is 4.40. The van der Waals surface area contributed by atoms with Gasteiger partial charge in [0.25, 0.3) is 0 Å². The van der Waals surface area contributed by atoms with E-state index >= 15 is 0 Å². The lowest BCUT2D eigenvalue weighted by Gasteiger charge is -2.19. The number of carbonyl (C=O) groups excluding carboxylic acids is 1. The molecule has 1 aliphatic rings. The summed E-state index contributed by atoms with van der Waals surface area (Å²) in [6.45, 7) is 3.85. The van der Waals surface area contributed by atoms with Gasteiger partial charge in [-0.25, -0.2) is 0 Å². The van der Waals surface area contributed by atoms with Gasteiger partial charge in [-0.3, -0.25) is 4.79 Å². The van der Waals surface area contributed by atoms with Crippen molar-refractivity contribution in [2.24, 2.45) is 5.92 Å². The minimum Gasteiger partial charge on any atom is -0.506 e. The van der Waals surface area contributed by atoms with E-state index in [4.69, 9.17) is 0 Å². The van der Waals surface area contributed by atoms with Gasteiger partial charge in [0, 0.05) is 24.9 Å². The zero-order chi connectivity index (χ0) is 14.9. The van der Waals surface area contributed by atoms with Crippen LogP contribution in [0.25, 0.3) is 0 Å². The third-order valence-electron chi connectivity index (χ3n) is 2.96. The van der Waals surface area contributed by atoms with E-state index in [0.29, 0.717) is 0 Å². The fraction of sp³-hybridized carbons (Fsp3) is 0.308. The first-order valence-electron chi connectivity index (χ1n) is 5.82. The zero-order valence-electron chi connectivity index (χ0n) is 10.4. The Balaban J connectivity index is 2.29. The highest BCUT2D eigenvalue weighted by Gasteiger charge is 2.33. The van der Waals surface area contributed by atoms with Gasteiger partial charge in [0.2, 0.25) is 5.91 Å². The van der Waals surface area contributed by atoms with E-state index in [1.54, 1.807) is 6.08 Å². The summed E-state index contributed by atoms with van der Waals surface area (Å²) < 4.78 is 40.3. The topological polar surface area (TPSA) is 49.8 Å². The lowest BCUT2D eigenvalue weighted by Crippen LogP contribution is -2.24. The predicted molar refractivity (Wildman–Crippen MR) is 65.4 cm³/mol. The van der Waals surface area contributed by atoms with Crippen molar-refractivity contribution in [1.29, 1.82) is 0 Å². The maximum Gasteiger partial charge on any atom is 0.573 e. The molecule has 1 aromatic carbocycles. The molecular formula is C13H12F3NO3. The predicted octanol–water partition coefficient (Wildman–Crippen LogP) is 2.83. The van der Waals surface area contributed by atoms with Crippen LogP contribution in [-0.2, 0) is 4.79 Å². The number of rotatable bonds is 3. The van der Waals surface area contributed by atoms with Crippen molar-refractivity contribution in [1.82, 2.24) is 0 Å². The highest BCUT2D eigenvalue weighted by molar-refractivity contribution is 5.97. The zero-order valence-corrected chi connectivity index (χ0v) is 10.4. The highest BCUT2D eigenvalue weighted by Crippen LogP contribution is 2.36. The van der Waals surface area contributed by atoms with Gasteiger partial charge in [0.15, 0.2) is 0 Å². The number of nitrogens with zero attached hydrogens (tertiary/aromatic N) is 1.